The molecule has 132 valence electrons. The molecule has 0 spiro atoms. The standard InChI is InChI=1S/C18H23N5S2/c1-13-12-22-16(24-13)9-11-21-18(19-2)20-10-5-8-17-23-14-6-3-4-7-15(14)25-17/h3-4,6-7,12H,5,8-11H2,1-2H3,(H2,19,20,21). The van der Waals surface area contributed by atoms with E-state index in [2.05, 4.69) is 50.7 Å². The highest BCUT2D eigenvalue weighted by Crippen LogP contribution is 2.22. The van der Waals surface area contributed by atoms with Gasteiger partial charge in [-0.1, -0.05) is 12.1 Å². The summed E-state index contributed by atoms with van der Waals surface area (Å²) in [6, 6.07) is 8.30. The van der Waals surface area contributed by atoms with E-state index in [-0.39, 0.29) is 0 Å². The molecule has 5 nitrogen and oxygen atoms in total. The molecule has 3 aromatic rings. The van der Waals surface area contributed by atoms with Crippen LogP contribution in [0.2, 0.25) is 0 Å². The number of guanidine groups is 1. The maximum Gasteiger partial charge on any atom is 0.190 e. The Hall–Kier alpha value is -1.99. The molecular weight excluding hydrogens is 350 g/mol. The minimum absolute atomic E-state index is 0.838. The molecule has 0 aliphatic rings. The second kappa shape index (κ2) is 8.92. The van der Waals surface area contributed by atoms with Crippen molar-refractivity contribution < 1.29 is 0 Å². The maximum atomic E-state index is 4.67. The van der Waals surface area contributed by atoms with Crippen LogP contribution in [0.3, 0.4) is 0 Å². The fraction of sp³-hybridized carbons (Fsp3) is 0.389. The summed E-state index contributed by atoms with van der Waals surface area (Å²) in [6.07, 6.45) is 4.87. The summed E-state index contributed by atoms with van der Waals surface area (Å²) in [6.45, 7) is 3.80. The topological polar surface area (TPSA) is 62.2 Å². The van der Waals surface area contributed by atoms with Crippen LogP contribution >= 0.6 is 22.7 Å². The van der Waals surface area contributed by atoms with Crippen LogP contribution in [0.1, 0.15) is 21.3 Å². The number of aromatic nitrogens is 2. The summed E-state index contributed by atoms with van der Waals surface area (Å²) in [4.78, 5) is 14.6. The third-order valence-electron chi connectivity index (χ3n) is 3.72. The first-order valence-corrected chi connectivity index (χ1v) is 10.1. The van der Waals surface area contributed by atoms with E-state index >= 15 is 0 Å². The van der Waals surface area contributed by atoms with Crippen molar-refractivity contribution in [3.05, 3.63) is 45.4 Å². The SMILES string of the molecule is CN=C(NCCCc1nc2ccccc2s1)NCCc1ncc(C)s1. The predicted octanol–water partition coefficient (Wildman–Crippen LogP) is 3.40. The zero-order valence-corrected chi connectivity index (χ0v) is 16.2. The summed E-state index contributed by atoms with van der Waals surface area (Å²) in [5, 5.41) is 9.07. The lowest BCUT2D eigenvalue weighted by Crippen LogP contribution is -2.38. The highest BCUT2D eigenvalue weighted by Gasteiger charge is 2.04. The van der Waals surface area contributed by atoms with Crippen LogP contribution in [0.25, 0.3) is 10.2 Å². The van der Waals surface area contributed by atoms with E-state index in [0.717, 1.165) is 48.8 Å². The molecule has 0 aliphatic heterocycles. The molecule has 0 aliphatic carbocycles. The van der Waals surface area contributed by atoms with Gasteiger partial charge >= 0.3 is 0 Å². The number of rotatable bonds is 7. The van der Waals surface area contributed by atoms with Crippen LogP contribution in [0.5, 0.6) is 0 Å². The number of para-hydroxylation sites is 1. The third kappa shape index (κ3) is 5.24. The number of hydrogen-bond acceptors (Lipinski definition) is 5. The van der Waals surface area contributed by atoms with Crippen LogP contribution in [0.15, 0.2) is 35.5 Å². The van der Waals surface area contributed by atoms with E-state index in [4.69, 9.17) is 0 Å². The van der Waals surface area contributed by atoms with E-state index in [9.17, 15) is 0 Å². The van der Waals surface area contributed by atoms with Gasteiger partial charge in [0, 0.05) is 44.1 Å². The Labute approximate surface area is 156 Å². The molecule has 1 aromatic carbocycles. The molecule has 3 rings (SSSR count). The largest absolute Gasteiger partial charge is 0.356 e. The number of thiazole rings is 2. The number of fused-ring (bicyclic) bond motifs is 1. The average molecular weight is 374 g/mol. The van der Waals surface area contributed by atoms with Crippen molar-refractivity contribution in [2.24, 2.45) is 4.99 Å². The average Bonchev–Trinajstić information content (AvgIpc) is 3.22. The van der Waals surface area contributed by atoms with Gasteiger partial charge in [0.2, 0.25) is 0 Å². The molecule has 2 N–H and O–H groups in total. The Bertz CT molecular complexity index is 804. The summed E-state index contributed by atoms with van der Waals surface area (Å²) in [5.41, 5.74) is 1.10. The summed E-state index contributed by atoms with van der Waals surface area (Å²) in [5.74, 6) is 0.845. The van der Waals surface area contributed by atoms with Crippen molar-refractivity contribution in [2.75, 3.05) is 20.1 Å². The molecule has 0 fully saturated rings. The van der Waals surface area contributed by atoms with Gasteiger partial charge in [-0.2, -0.15) is 0 Å². The molecule has 2 aromatic heterocycles. The zero-order valence-electron chi connectivity index (χ0n) is 14.6. The van der Waals surface area contributed by atoms with Gasteiger partial charge in [0.25, 0.3) is 0 Å². The van der Waals surface area contributed by atoms with Crippen LogP contribution in [-0.4, -0.2) is 36.1 Å². The van der Waals surface area contributed by atoms with Gasteiger partial charge in [0.05, 0.1) is 20.2 Å². The fourth-order valence-corrected chi connectivity index (χ4v) is 4.29. The van der Waals surface area contributed by atoms with E-state index in [1.54, 1.807) is 29.7 Å². The molecule has 0 saturated carbocycles. The van der Waals surface area contributed by atoms with E-state index in [1.807, 2.05) is 12.3 Å². The Balaban J connectivity index is 1.36. The first kappa shape index (κ1) is 17.8. The van der Waals surface area contributed by atoms with Crippen LogP contribution in [-0.2, 0) is 12.8 Å². The van der Waals surface area contributed by atoms with Gasteiger partial charge in [-0.25, -0.2) is 9.97 Å². The number of nitrogens with zero attached hydrogens (tertiary/aromatic N) is 3. The number of hydrogen-bond donors (Lipinski definition) is 2. The zero-order chi connectivity index (χ0) is 17.5. The van der Waals surface area contributed by atoms with Crippen molar-refractivity contribution in [3.8, 4) is 0 Å². The molecule has 0 bridgehead atoms. The number of aliphatic imine (C=N–C) groups is 1. The van der Waals surface area contributed by atoms with Gasteiger partial charge < -0.3 is 10.6 Å². The van der Waals surface area contributed by atoms with Gasteiger partial charge in [0.15, 0.2) is 5.96 Å². The molecular formula is C18H23N5S2. The monoisotopic (exact) mass is 373 g/mol. The minimum Gasteiger partial charge on any atom is -0.356 e. The first-order valence-electron chi connectivity index (χ1n) is 8.45. The summed E-state index contributed by atoms with van der Waals surface area (Å²) in [7, 11) is 1.80. The molecule has 0 radical (unpaired) electrons. The molecule has 25 heavy (non-hydrogen) atoms. The normalized spacial score (nSPS) is 11.8. The van der Waals surface area contributed by atoms with E-state index in [1.165, 1.54) is 14.6 Å². The van der Waals surface area contributed by atoms with E-state index < -0.39 is 0 Å². The smallest absolute Gasteiger partial charge is 0.190 e. The maximum absolute atomic E-state index is 4.67. The molecule has 2 heterocycles. The summed E-state index contributed by atoms with van der Waals surface area (Å²) >= 11 is 3.54. The third-order valence-corrected chi connectivity index (χ3v) is 5.79. The molecule has 0 unspecified atom stereocenters. The van der Waals surface area contributed by atoms with Gasteiger partial charge in [-0.05, 0) is 25.5 Å². The Morgan fingerprint density at radius 1 is 1.08 bits per heavy atom. The quantitative estimate of drug-likeness (QED) is 0.378. The second-order valence-corrected chi connectivity index (χ2v) is 8.15. The molecule has 0 atom stereocenters. The highest BCUT2D eigenvalue weighted by molar-refractivity contribution is 7.18. The Morgan fingerprint density at radius 2 is 1.92 bits per heavy atom. The van der Waals surface area contributed by atoms with Crippen LogP contribution < -0.4 is 10.6 Å². The van der Waals surface area contributed by atoms with Crippen LogP contribution in [0.4, 0.5) is 0 Å². The van der Waals surface area contributed by atoms with Crippen molar-refractivity contribution >= 4 is 38.8 Å². The first-order chi connectivity index (χ1) is 12.2. The minimum atomic E-state index is 0.838. The fourth-order valence-electron chi connectivity index (χ4n) is 2.50. The van der Waals surface area contributed by atoms with Crippen molar-refractivity contribution in [1.82, 2.24) is 20.6 Å². The predicted molar refractivity (Wildman–Crippen MR) is 108 cm³/mol. The van der Waals surface area contributed by atoms with Crippen LogP contribution in [0, 0.1) is 6.92 Å². The Morgan fingerprint density at radius 3 is 2.68 bits per heavy atom. The second-order valence-electron chi connectivity index (χ2n) is 5.72. The summed E-state index contributed by atoms with van der Waals surface area (Å²) < 4.78 is 1.26. The number of aryl methyl sites for hydroxylation is 2. The van der Waals surface area contributed by atoms with Gasteiger partial charge in [-0.15, -0.1) is 22.7 Å². The van der Waals surface area contributed by atoms with Gasteiger partial charge in [-0.3, -0.25) is 4.99 Å². The van der Waals surface area contributed by atoms with E-state index in [0.29, 0.717) is 0 Å². The van der Waals surface area contributed by atoms with Crippen molar-refractivity contribution in [1.29, 1.82) is 0 Å². The lowest BCUT2D eigenvalue weighted by molar-refractivity contribution is 0.737. The van der Waals surface area contributed by atoms with Gasteiger partial charge in [0.1, 0.15) is 0 Å². The number of nitrogens with one attached hydrogen (secondary N) is 2. The lowest BCUT2D eigenvalue weighted by atomic mass is 10.3. The molecule has 0 amide bonds. The highest BCUT2D eigenvalue weighted by atomic mass is 32.1. The number of benzene rings is 1. The Kier molecular flexibility index (Phi) is 6.36. The van der Waals surface area contributed by atoms with Crippen molar-refractivity contribution in [3.63, 3.8) is 0 Å². The molecule has 7 heteroatoms. The van der Waals surface area contributed by atoms with Crippen molar-refractivity contribution in [2.45, 2.75) is 26.2 Å². The molecule has 0 saturated heterocycles. The lowest BCUT2D eigenvalue weighted by Gasteiger charge is -2.10.